The Bertz CT molecular complexity index is 750. The van der Waals surface area contributed by atoms with Gasteiger partial charge in [-0.15, -0.1) is 11.3 Å². The number of carbonyl (C=O) groups is 1. The van der Waals surface area contributed by atoms with Crippen molar-refractivity contribution in [3.8, 4) is 16.3 Å². The number of ketones is 1. The predicted molar refractivity (Wildman–Crippen MR) is 85.1 cm³/mol. The van der Waals surface area contributed by atoms with Crippen molar-refractivity contribution in [2.24, 2.45) is 0 Å². The zero-order chi connectivity index (χ0) is 15.4. The molecule has 22 heavy (non-hydrogen) atoms. The van der Waals surface area contributed by atoms with Crippen molar-refractivity contribution in [3.63, 3.8) is 0 Å². The molecule has 2 aromatic heterocycles. The Morgan fingerprint density at radius 1 is 1.23 bits per heavy atom. The monoisotopic (exact) mass is 311 g/mol. The highest BCUT2D eigenvalue weighted by Crippen LogP contribution is 2.20. The summed E-state index contributed by atoms with van der Waals surface area (Å²) in [7, 11) is 1.60. The molecule has 0 aliphatic carbocycles. The first-order valence-electron chi connectivity index (χ1n) is 6.82. The third-order valence-electron chi connectivity index (χ3n) is 3.28. The van der Waals surface area contributed by atoms with Crippen LogP contribution < -0.4 is 9.30 Å². The molecule has 0 radical (unpaired) electrons. The van der Waals surface area contributed by atoms with Crippen LogP contribution in [0.4, 0.5) is 0 Å². The fraction of sp³-hybridized carbons (Fsp3) is 0.118. The van der Waals surface area contributed by atoms with Gasteiger partial charge in [-0.1, -0.05) is 6.07 Å². The minimum atomic E-state index is 0.0401. The SMILES string of the molecule is COc1ccc(C(=O)C[n+]2ccc(-c3cccs3)nc2)cc1. The Morgan fingerprint density at radius 3 is 2.64 bits per heavy atom. The first-order valence-corrected chi connectivity index (χ1v) is 7.70. The molecule has 0 bridgehead atoms. The molecule has 4 nitrogen and oxygen atoms in total. The Balaban J connectivity index is 1.71. The molecular weight excluding hydrogens is 296 g/mol. The van der Waals surface area contributed by atoms with Crippen LogP contribution in [0.2, 0.25) is 0 Å². The average molecular weight is 311 g/mol. The highest BCUT2D eigenvalue weighted by molar-refractivity contribution is 7.13. The standard InChI is InChI=1S/C17H15N2O2S/c1-21-14-6-4-13(5-7-14)16(20)11-19-9-8-15(18-12-19)17-3-2-10-22-17/h2-10,12H,11H2,1H3/q+1. The highest BCUT2D eigenvalue weighted by Gasteiger charge is 2.12. The predicted octanol–water partition coefficient (Wildman–Crippen LogP) is 2.99. The summed E-state index contributed by atoms with van der Waals surface area (Å²) in [6.07, 6.45) is 3.57. The Morgan fingerprint density at radius 2 is 2.05 bits per heavy atom. The Hall–Kier alpha value is -2.53. The van der Waals surface area contributed by atoms with Gasteiger partial charge in [0.2, 0.25) is 5.78 Å². The Kier molecular flexibility index (Phi) is 4.25. The van der Waals surface area contributed by atoms with Crippen molar-refractivity contribution in [2.45, 2.75) is 6.54 Å². The summed E-state index contributed by atoms with van der Waals surface area (Å²) in [6, 6.07) is 13.1. The fourth-order valence-corrected chi connectivity index (χ4v) is 2.78. The number of thiophene rings is 1. The molecule has 5 heteroatoms. The number of carbonyl (C=O) groups excluding carboxylic acids is 1. The molecule has 0 unspecified atom stereocenters. The largest absolute Gasteiger partial charge is 0.497 e. The number of methoxy groups -OCH3 is 1. The molecule has 1 aromatic carbocycles. The second-order valence-corrected chi connectivity index (χ2v) is 5.69. The minimum Gasteiger partial charge on any atom is -0.497 e. The molecule has 0 fully saturated rings. The Labute approximate surface area is 132 Å². The van der Waals surface area contributed by atoms with Gasteiger partial charge in [-0.25, -0.2) is 4.57 Å². The second-order valence-electron chi connectivity index (χ2n) is 4.75. The van der Waals surface area contributed by atoms with Crippen molar-refractivity contribution in [2.75, 3.05) is 7.11 Å². The maximum absolute atomic E-state index is 12.2. The van der Waals surface area contributed by atoms with E-state index in [0.29, 0.717) is 5.56 Å². The molecule has 0 spiro atoms. The number of nitrogens with zero attached hydrogens (tertiary/aromatic N) is 2. The number of rotatable bonds is 5. The molecule has 110 valence electrons. The molecule has 0 aliphatic rings. The average Bonchev–Trinajstić information content (AvgIpc) is 3.10. The van der Waals surface area contributed by atoms with Crippen molar-refractivity contribution in [1.29, 1.82) is 0 Å². The number of aromatic nitrogens is 2. The molecule has 3 aromatic rings. The van der Waals surface area contributed by atoms with E-state index in [0.717, 1.165) is 16.3 Å². The van der Waals surface area contributed by atoms with E-state index in [1.165, 1.54) is 0 Å². The lowest BCUT2D eigenvalue weighted by molar-refractivity contribution is -0.686. The number of hydrogen-bond acceptors (Lipinski definition) is 4. The van der Waals surface area contributed by atoms with Crippen LogP contribution in [-0.2, 0) is 6.54 Å². The molecule has 0 aliphatic heterocycles. The van der Waals surface area contributed by atoms with Gasteiger partial charge in [-0.05, 0) is 40.7 Å². The maximum atomic E-state index is 12.2. The molecule has 0 saturated carbocycles. The van der Waals surface area contributed by atoms with Crippen LogP contribution in [0.15, 0.2) is 60.4 Å². The van der Waals surface area contributed by atoms with E-state index in [1.807, 2.05) is 29.8 Å². The molecule has 2 heterocycles. The van der Waals surface area contributed by atoms with E-state index in [-0.39, 0.29) is 12.3 Å². The first kappa shape index (κ1) is 14.4. The molecule has 0 N–H and O–H groups in total. The topological polar surface area (TPSA) is 43.1 Å². The quantitative estimate of drug-likeness (QED) is 0.537. The van der Waals surface area contributed by atoms with Gasteiger partial charge < -0.3 is 4.74 Å². The third kappa shape index (κ3) is 3.20. The van der Waals surface area contributed by atoms with Gasteiger partial charge in [0.15, 0.2) is 12.2 Å². The normalized spacial score (nSPS) is 10.4. The summed E-state index contributed by atoms with van der Waals surface area (Å²) in [4.78, 5) is 17.8. The van der Waals surface area contributed by atoms with Crippen molar-refractivity contribution >= 4 is 17.1 Å². The summed E-state index contributed by atoms with van der Waals surface area (Å²) in [5.41, 5.74) is 1.58. The van der Waals surface area contributed by atoms with E-state index in [2.05, 4.69) is 4.98 Å². The summed E-state index contributed by atoms with van der Waals surface area (Å²) in [6.45, 7) is 0.268. The van der Waals surface area contributed by atoms with Gasteiger partial charge in [0.1, 0.15) is 5.75 Å². The maximum Gasteiger partial charge on any atom is 0.287 e. The van der Waals surface area contributed by atoms with E-state index in [1.54, 1.807) is 53.6 Å². The van der Waals surface area contributed by atoms with Crippen LogP contribution in [0.5, 0.6) is 5.75 Å². The zero-order valence-electron chi connectivity index (χ0n) is 12.1. The third-order valence-corrected chi connectivity index (χ3v) is 4.17. The number of ether oxygens (including phenoxy) is 1. The van der Waals surface area contributed by atoms with Crippen molar-refractivity contribution in [1.82, 2.24) is 4.98 Å². The van der Waals surface area contributed by atoms with E-state index < -0.39 is 0 Å². The fourth-order valence-electron chi connectivity index (χ4n) is 2.08. The van der Waals surface area contributed by atoms with Gasteiger partial charge in [-0.3, -0.25) is 4.79 Å². The number of Topliss-reactive ketones (excluding diaryl/α,β-unsaturated/α-hetero) is 1. The molecular formula is C17H15N2O2S+. The smallest absolute Gasteiger partial charge is 0.287 e. The van der Waals surface area contributed by atoms with E-state index in [4.69, 9.17) is 4.74 Å². The van der Waals surface area contributed by atoms with Crippen LogP contribution in [0.1, 0.15) is 10.4 Å². The van der Waals surface area contributed by atoms with Crippen LogP contribution in [0.3, 0.4) is 0 Å². The van der Waals surface area contributed by atoms with Gasteiger partial charge in [0, 0.05) is 11.6 Å². The first-order chi connectivity index (χ1) is 10.8. The lowest BCUT2D eigenvalue weighted by atomic mass is 10.1. The summed E-state index contributed by atoms with van der Waals surface area (Å²) >= 11 is 1.65. The van der Waals surface area contributed by atoms with Crippen LogP contribution in [-0.4, -0.2) is 17.9 Å². The zero-order valence-corrected chi connectivity index (χ0v) is 12.9. The van der Waals surface area contributed by atoms with Crippen molar-refractivity contribution in [3.05, 3.63) is 65.9 Å². The molecule has 0 amide bonds. The van der Waals surface area contributed by atoms with Crippen LogP contribution >= 0.6 is 11.3 Å². The number of benzene rings is 1. The van der Waals surface area contributed by atoms with E-state index >= 15 is 0 Å². The van der Waals surface area contributed by atoms with Crippen LogP contribution in [0, 0.1) is 0 Å². The summed E-state index contributed by atoms with van der Waals surface area (Å²) < 4.78 is 6.87. The van der Waals surface area contributed by atoms with E-state index in [9.17, 15) is 4.79 Å². The second kappa shape index (κ2) is 6.49. The highest BCUT2D eigenvalue weighted by atomic mass is 32.1. The summed E-state index contributed by atoms with van der Waals surface area (Å²) in [5, 5.41) is 2.02. The molecule has 0 saturated heterocycles. The van der Waals surface area contributed by atoms with Gasteiger partial charge in [-0.2, -0.15) is 0 Å². The molecule has 0 atom stereocenters. The minimum absolute atomic E-state index is 0.0401. The lowest BCUT2D eigenvalue weighted by Gasteiger charge is -2.02. The number of hydrogen-bond donors (Lipinski definition) is 0. The van der Waals surface area contributed by atoms with Crippen molar-refractivity contribution < 1.29 is 14.1 Å². The van der Waals surface area contributed by atoms with Gasteiger partial charge in [0.05, 0.1) is 18.2 Å². The van der Waals surface area contributed by atoms with Gasteiger partial charge in [0.25, 0.3) is 6.33 Å². The van der Waals surface area contributed by atoms with Crippen LogP contribution in [0.25, 0.3) is 10.6 Å². The summed E-state index contributed by atoms with van der Waals surface area (Å²) in [5.74, 6) is 0.782. The molecule has 3 rings (SSSR count). The lowest BCUT2D eigenvalue weighted by Crippen LogP contribution is -2.37. The van der Waals surface area contributed by atoms with Gasteiger partial charge >= 0.3 is 0 Å².